The molecule has 2 bridgehead atoms. The number of methoxy groups -OCH3 is 1. The van der Waals surface area contributed by atoms with Crippen molar-refractivity contribution in [2.45, 2.75) is 64.3 Å². The Bertz CT molecular complexity index is 810. The van der Waals surface area contributed by atoms with Crippen molar-refractivity contribution in [1.82, 2.24) is 14.9 Å². The van der Waals surface area contributed by atoms with Crippen molar-refractivity contribution in [3.8, 4) is 6.01 Å². The van der Waals surface area contributed by atoms with Gasteiger partial charge in [0, 0.05) is 12.1 Å². The maximum Gasteiger partial charge on any atom is 0.410 e. The second kappa shape index (κ2) is 7.78. The lowest BCUT2D eigenvalue weighted by molar-refractivity contribution is 0.00455. The van der Waals surface area contributed by atoms with Crippen LogP contribution < -0.4 is 9.64 Å². The molecule has 3 heterocycles. The van der Waals surface area contributed by atoms with Crippen LogP contribution in [0.25, 0.3) is 5.83 Å². The summed E-state index contributed by atoms with van der Waals surface area (Å²) in [6.45, 7) is 10.8. The zero-order valence-corrected chi connectivity index (χ0v) is 17.6. The van der Waals surface area contributed by atoms with Crippen molar-refractivity contribution in [1.29, 1.82) is 0 Å². The van der Waals surface area contributed by atoms with Gasteiger partial charge in [0.05, 0.1) is 31.8 Å². The lowest BCUT2D eigenvalue weighted by Crippen LogP contribution is -2.63. The third kappa shape index (κ3) is 4.01. The summed E-state index contributed by atoms with van der Waals surface area (Å²) in [5.74, 6) is -0.203. The summed E-state index contributed by atoms with van der Waals surface area (Å²) in [6.07, 6.45) is 1.16. The van der Waals surface area contributed by atoms with Crippen molar-refractivity contribution >= 4 is 17.7 Å². The van der Waals surface area contributed by atoms with Crippen LogP contribution in [0.5, 0.6) is 6.01 Å². The van der Waals surface area contributed by atoms with E-state index < -0.39 is 17.5 Å². The van der Waals surface area contributed by atoms with Gasteiger partial charge in [0.15, 0.2) is 0 Å². The molecule has 0 aromatic carbocycles. The van der Waals surface area contributed by atoms with Crippen LogP contribution in [0.3, 0.4) is 0 Å². The Morgan fingerprint density at radius 2 is 2.03 bits per heavy atom. The SMILES string of the molecule is C=C(F)c1nc(OC)nc(N2C[C@H]3CC[C@@H]([C@H]2CO)N3C(=O)OC(C)(C)C)c1C. The van der Waals surface area contributed by atoms with Gasteiger partial charge in [-0.25, -0.2) is 9.18 Å². The number of ether oxygens (including phenoxy) is 2. The van der Waals surface area contributed by atoms with E-state index in [1.807, 2.05) is 25.7 Å². The summed E-state index contributed by atoms with van der Waals surface area (Å²) < 4.78 is 24.7. The van der Waals surface area contributed by atoms with Crippen LogP contribution in [0.15, 0.2) is 6.58 Å². The number of hydrogen-bond donors (Lipinski definition) is 1. The highest BCUT2D eigenvalue weighted by atomic mass is 19.1. The monoisotopic (exact) mass is 408 g/mol. The molecule has 0 aliphatic carbocycles. The molecule has 2 saturated heterocycles. The number of rotatable bonds is 4. The van der Waals surface area contributed by atoms with E-state index in [0.717, 1.165) is 12.8 Å². The molecule has 1 aromatic heterocycles. The second-order valence-corrected chi connectivity index (χ2v) is 8.50. The van der Waals surface area contributed by atoms with E-state index in [-0.39, 0.29) is 36.5 Å². The molecule has 0 radical (unpaired) electrons. The summed E-state index contributed by atoms with van der Waals surface area (Å²) in [4.78, 5) is 24.9. The van der Waals surface area contributed by atoms with Crippen molar-refractivity contribution in [3.63, 3.8) is 0 Å². The van der Waals surface area contributed by atoms with E-state index in [4.69, 9.17) is 9.47 Å². The normalized spacial score (nSPS) is 23.9. The van der Waals surface area contributed by atoms with Crippen molar-refractivity contribution < 1.29 is 23.8 Å². The largest absolute Gasteiger partial charge is 0.467 e. The molecular weight excluding hydrogens is 379 g/mol. The fourth-order valence-electron chi connectivity index (χ4n) is 4.22. The summed E-state index contributed by atoms with van der Waals surface area (Å²) >= 11 is 0. The van der Waals surface area contributed by atoms with Gasteiger partial charge in [-0.15, -0.1) is 0 Å². The highest BCUT2D eigenvalue weighted by Gasteiger charge is 2.50. The fraction of sp³-hybridized carbons (Fsp3) is 0.650. The van der Waals surface area contributed by atoms with E-state index in [1.165, 1.54) is 7.11 Å². The first-order valence-electron chi connectivity index (χ1n) is 9.73. The maximum atomic E-state index is 14.0. The average molecular weight is 408 g/mol. The predicted molar refractivity (Wildman–Crippen MR) is 107 cm³/mol. The molecule has 2 aliphatic rings. The van der Waals surface area contributed by atoms with Crippen molar-refractivity contribution in [3.05, 3.63) is 17.8 Å². The Morgan fingerprint density at radius 3 is 2.59 bits per heavy atom. The molecule has 1 N–H and O–H groups in total. The number of aliphatic hydroxyl groups excluding tert-OH is 1. The molecule has 0 spiro atoms. The first-order chi connectivity index (χ1) is 13.6. The molecule has 3 rings (SSSR count). The number of carbonyl (C=O) groups excluding carboxylic acids is 1. The molecule has 8 nitrogen and oxygen atoms in total. The van der Waals surface area contributed by atoms with Crippen molar-refractivity contribution in [2.75, 3.05) is 25.2 Å². The smallest absolute Gasteiger partial charge is 0.410 e. The Morgan fingerprint density at radius 1 is 1.34 bits per heavy atom. The number of nitrogens with zero attached hydrogens (tertiary/aromatic N) is 4. The summed E-state index contributed by atoms with van der Waals surface area (Å²) in [5, 5.41) is 10.2. The van der Waals surface area contributed by atoms with E-state index in [1.54, 1.807) is 11.8 Å². The Kier molecular flexibility index (Phi) is 5.71. The number of halogens is 1. The first kappa shape index (κ1) is 21.3. The van der Waals surface area contributed by atoms with Crippen LogP contribution in [0.2, 0.25) is 0 Å². The quantitative estimate of drug-likeness (QED) is 0.819. The number of hydrogen-bond acceptors (Lipinski definition) is 7. The van der Waals surface area contributed by atoms with Crippen LogP contribution in [0, 0.1) is 6.92 Å². The highest BCUT2D eigenvalue weighted by molar-refractivity contribution is 5.71. The van der Waals surface area contributed by atoms with Crippen LogP contribution in [0.4, 0.5) is 15.0 Å². The zero-order valence-electron chi connectivity index (χ0n) is 17.6. The first-order valence-corrected chi connectivity index (χ1v) is 9.73. The maximum absolute atomic E-state index is 14.0. The number of fused-ring (bicyclic) bond motifs is 2. The molecule has 3 atom stereocenters. The Balaban J connectivity index is 1.97. The van der Waals surface area contributed by atoms with Gasteiger partial charge < -0.3 is 19.5 Å². The van der Waals surface area contributed by atoms with E-state index in [0.29, 0.717) is 17.9 Å². The highest BCUT2D eigenvalue weighted by Crippen LogP contribution is 2.39. The fourth-order valence-corrected chi connectivity index (χ4v) is 4.22. The van der Waals surface area contributed by atoms with Gasteiger partial charge in [-0.1, -0.05) is 6.58 Å². The Labute approximate surface area is 170 Å². The molecule has 29 heavy (non-hydrogen) atoms. The molecule has 9 heteroatoms. The number of carbonyl (C=O) groups is 1. The van der Waals surface area contributed by atoms with Crippen molar-refractivity contribution in [2.24, 2.45) is 0 Å². The summed E-state index contributed by atoms with van der Waals surface area (Å²) in [7, 11) is 1.41. The number of amides is 1. The topological polar surface area (TPSA) is 88.0 Å². The summed E-state index contributed by atoms with van der Waals surface area (Å²) in [5.41, 5.74) is -0.0117. The van der Waals surface area contributed by atoms with Gasteiger partial charge in [-0.3, -0.25) is 4.90 Å². The van der Waals surface area contributed by atoms with Gasteiger partial charge in [0.25, 0.3) is 0 Å². The molecule has 1 aromatic rings. The molecule has 2 aliphatic heterocycles. The second-order valence-electron chi connectivity index (χ2n) is 8.50. The predicted octanol–water partition coefficient (Wildman–Crippen LogP) is 2.68. The molecule has 1 amide bonds. The van der Waals surface area contributed by atoms with E-state index in [9.17, 15) is 14.3 Å². The van der Waals surface area contributed by atoms with E-state index >= 15 is 0 Å². The standard InChI is InChI=1S/C20H29FN4O4/c1-11-16(12(2)21)22-18(28-6)23-17(11)24-9-13-7-8-14(15(24)10-26)25(13)19(27)29-20(3,4)5/h13-15,26H,2,7-10H2,1,3-6H3/t13-,14+,15-/m1/s1. The lowest BCUT2D eigenvalue weighted by Gasteiger charge is -2.47. The zero-order chi connectivity index (χ0) is 21.5. The minimum Gasteiger partial charge on any atom is -0.467 e. The molecule has 2 fully saturated rings. The van der Waals surface area contributed by atoms with Gasteiger partial charge in [0.1, 0.15) is 22.9 Å². The van der Waals surface area contributed by atoms with Crippen LogP contribution in [0.1, 0.15) is 44.9 Å². The van der Waals surface area contributed by atoms with Gasteiger partial charge in [-0.05, 0) is 40.5 Å². The molecule has 160 valence electrons. The summed E-state index contributed by atoms with van der Waals surface area (Å²) in [6, 6.07) is -0.695. The average Bonchev–Trinajstić information content (AvgIpc) is 2.95. The number of anilines is 1. The third-order valence-electron chi connectivity index (χ3n) is 5.40. The number of aromatic nitrogens is 2. The Hall–Kier alpha value is -2.42. The minimum absolute atomic E-state index is 0.0259. The lowest BCUT2D eigenvalue weighted by atomic mass is 10.0. The van der Waals surface area contributed by atoms with Gasteiger partial charge in [0.2, 0.25) is 0 Å². The third-order valence-corrected chi connectivity index (χ3v) is 5.40. The molecule has 0 saturated carbocycles. The van der Waals surface area contributed by atoms with Crippen LogP contribution in [-0.4, -0.2) is 70.1 Å². The molecule has 0 unspecified atom stereocenters. The van der Waals surface area contributed by atoms with Gasteiger partial charge in [-0.2, -0.15) is 9.97 Å². The number of aliphatic hydroxyl groups is 1. The van der Waals surface area contributed by atoms with Gasteiger partial charge >= 0.3 is 12.1 Å². The number of piperazine rings is 1. The van der Waals surface area contributed by atoms with E-state index in [2.05, 4.69) is 16.5 Å². The molecular formula is C20H29FN4O4. The van der Waals surface area contributed by atoms with Crippen LogP contribution in [-0.2, 0) is 4.74 Å². The van der Waals surface area contributed by atoms with Crippen LogP contribution >= 0.6 is 0 Å². The minimum atomic E-state index is -0.680.